The summed E-state index contributed by atoms with van der Waals surface area (Å²) in [4.78, 5) is 14.5. The van der Waals surface area contributed by atoms with Gasteiger partial charge in [0.05, 0.1) is 5.56 Å². The van der Waals surface area contributed by atoms with Crippen molar-refractivity contribution in [3.63, 3.8) is 0 Å². The number of amides is 1. The highest BCUT2D eigenvalue weighted by Gasteiger charge is 2.11. The highest BCUT2D eigenvalue weighted by Crippen LogP contribution is 2.17. The van der Waals surface area contributed by atoms with E-state index in [0.29, 0.717) is 16.6 Å². The molecule has 2 rings (SSSR count). The summed E-state index contributed by atoms with van der Waals surface area (Å²) in [6.45, 7) is 3.98. The molecule has 5 heteroatoms. The molecule has 1 aromatic carbocycles. The van der Waals surface area contributed by atoms with Crippen LogP contribution in [0.15, 0.2) is 22.7 Å². The summed E-state index contributed by atoms with van der Waals surface area (Å²) in [7, 11) is 0. The summed E-state index contributed by atoms with van der Waals surface area (Å²) < 4.78 is 13.8. The quantitative estimate of drug-likeness (QED) is 0.817. The van der Waals surface area contributed by atoms with E-state index >= 15 is 0 Å². The maximum atomic E-state index is 13.2. The minimum Gasteiger partial charge on any atom is -0.352 e. The zero-order valence-electron chi connectivity index (χ0n) is 12.2. The van der Waals surface area contributed by atoms with Crippen molar-refractivity contribution in [1.29, 1.82) is 0 Å². The van der Waals surface area contributed by atoms with Crippen LogP contribution < -0.4 is 5.32 Å². The third kappa shape index (κ3) is 5.40. The molecular weight excluding hydrogens is 335 g/mol. The van der Waals surface area contributed by atoms with Gasteiger partial charge in [-0.15, -0.1) is 0 Å². The molecule has 1 heterocycles. The molecule has 1 aromatic rings. The molecule has 0 unspecified atom stereocenters. The molecular formula is C16H22BrFN2O. The van der Waals surface area contributed by atoms with Crippen molar-refractivity contribution in [2.24, 2.45) is 0 Å². The molecule has 1 N–H and O–H groups in total. The average Bonchev–Trinajstić information content (AvgIpc) is 2.74. The Morgan fingerprint density at radius 1 is 1.24 bits per heavy atom. The predicted octanol–water partition coefficient (Wildman–Crippen LogP) is 3.58. The molecule has 0 aromatic heterocycles. The zero-order valence-corrected chi connectivity index (χ0v) is 13.8. The Kier molecular flexibility index (Phi) is 6.64. The molecule has 21 heavy (non-hydrogen) atoms. The van der Waals surface area contributed by atoms with Crippen molar-refractivity contribution < 1.29 is 9.18 Å². The fourth-order valence-electron chi connectivity index (χ4n) is 2.63. The van der Waals surface area contributed by atoms with Crippen LogP contribution in [0, 0.1) is 5.82 Å². The van der Waals surface area contributed by atoms with Gasteiger partial charge in [0.1, 0.15) is 5.82 Å². The van der Waals surface area contributed by atoms with E-state index in [1.165, 1.54) is 50.9 Å². The van der Waals surface area contributed by atoms with Gasteiger partial charge in [-0.05, 0) is 73.0 Å². The second kappa shape index (κ2) is 8.49. The van der Waals surface area contributed by atoms with E-state index in [9.17, 15) is 9.18 Å². The largest absolute Gasteiger partial charge is 0.352 e. The van der Waals surface area contributed by atoms with Crippen LogP contribution in [0.5, 0.6) is 0 Å². The number of carbonyl (C=O) groups excluding carboxylic acids is 1. The van der Waals surface area contributed by atoms with Crippen molar-refractivity contribution in [1.82, 2.24) is 10.2 Å². The second-order valence-electron chi connectivity index (χ2n) is 5.49. The lowest BCUT2D eigenvalue weighted by Crippen LogP contribution is -2.30. The lowest BCUT2D eigenvalue weighted by atomic mass is 10.2. The predicted molar refractivity (Wildman–Crippen MR) is 86.0 cm³/mol. The van der Waals surface area contributed by atoms with Crippen LogP contribution in [0.1, 0.15) is 42.5 Å². The van der Waals surface area contributed by atoms with E-state index in [2.05, 4.69) is 26.1 Å². The van der Waals surface area contributed by atoms with Crippen molar-refractivity contribution in [2.45, 2.75) is 32.1 Å². The molecule has 0 aliphatic carbocycles. The van der Waals surface area contributed by atoms with Crippen LogP contribution in [0.2, 0.25) is 0 Å². The fourth-order valence-corrected chi connectivity index (χ4v) is 3.06. The Bertz CT molecular complexity index is 473. The van der Waals surface area contributed by atoms with E-state index in [4.69, 9.17) is 0 Å². The maximum Gasteiger partial charge on any atom is 0.252 e. The third-order valence-electron chi connectivity index (χ3n) is 3.81. The van der Waals surface area contributed by atoms with Gasteiger partial charge in [-0.3, -0.25) is 4.79 Å². The van der Waals surface area contributed by atoms with Crippen LogP contribution in [0.25, 0.3) is 0 Å². The van der Waals surface area contributed by atoms with E-state index in [-0.39, 0.29) is 5.91 Å². The number of benzene rings is 1. The van der Waals surface area contributed by atoms with E-state index in [1.807, 2.05) is 0 Å². The van der Waals surface area contributed by atoms with Crippen LogP contribution in [-0.4, -0.2) is 37.0 Å². The molecule has 0 spiro atoms. The fraction of sp³-hybridized carbons (Fsp3) is 0.562. The van der Waals surface area contributed by atoms with Crippen LogP contribution in [-0.2, 0) is 0 Å². The first-order chi connectivity index (χ1) is 10.2. The number of nitrogens with one attached hydrogen (secondary N) is 1. The Morgan fingerprint density at radius 3 is 2.67 bits per heavy atom. The highest BCUT2D eigenvalue weighted by molar-refractivity contribution is 9.10. The number of hydrogen-bond acceptors (Lipinski definition) is 2. The van der Waals surface area contributed by atoms with Gasteiger partial charge in [-0.1, -0.05) is 12.8 Å². The lowest BCUT2D eigenvalue weighted by Gasteiger charge is -2.19. The second-order valence-corrected chi connectivity index (χ2v) is 6.34. The van der Waals surface area contributed by atoms with Gasteiger partial charge in [0.2, 0.25) is 0 Å². The molecule has 1 aliphatic rings. The summed E-state index contributed by atoms with van der Waals surface area (Å²) in [6, 6.07) is 4.15. The van der Waals surface area contributed by atoms with Gasteiger partial charge >= 0.3 is 0 Å². The van der Waals surface area contributed by atoms with Crippen LogP contribution in [0.4, 0.5) is 4.39 Å². The number of carbonyl (C=O) groups is 1. The van der Waals surface area contributed by atoms with Gasteiger partial charge in [0, 0.05) is 11.0 Å². The maximum absolute atomic E-state index is 13.2. The summed E-state index contributed by atoms with van der Waals surface area (Å²) in [5.74, 6) is -0.620. The van der Waals surface area contributed by atoms with Gasteiger partial charge in [-0.2, -0.15) is 0 Å². The summed E-state index contributed by atoms with van der Waals surface area (Å²) in [5.41, 5.74) is 0.352. The number of rotatable bonds is 5. The third-order valence-corrected chi connectivity index (χ3v) is 4.50. The number of likely N-dealkylation sites (tertiary alicyclic amines) is 1. The van der Waals surface area contributed by atoms with Crippen molar-refractivity contribution in [2.75, 3.05) is 26.2 Å². The Hall–Kier alpha value is -0.940. The van der Waals surface area contributed by atoms with Crippen molar-refractivity contribution in [3.05, 3.63) is 34.1 Å². The zero-order chi connectivity index (χ0) is 15.1. The lowest BCUT2D eigenvalue weighted by molar-refractivity contribution is 0.0950. The van der Waals surface area contributed by atoms with Gasteiger partial charge in [-0.25, -0.2) is 4.39 Å². The first-order valence-electron chi connectivity index (χ1n) is 7.62. The van der Waals surface area contributed by atoms with Gasteiger partial charge in [0.15, 0.2) is 0 Å². The molecule has 1 fully saturated rings. The topological polar surface area (TPSA) is 32.3 Å². The molecule has 3 nitrogen and oxygen atoms in total. The Morgan fingerprint density at radius 2 is 1.95 bits per heavy atom. The van der Waals surface area contributed by atoms with Crippen LogP contribution in [0.3, 0.4) is 0 Å². The normalized spacial score (nSPS) is 16.5. The smallest absolute Gasteiger partial charge is 0.252 e. The van der Waals surface area contributed by atoms with E-state index in [0.717, 1.165) is 13.0 Å². The SMILES string of the molecule is O=C(NCCCN1CCCCCC1)c1cc(F)ccc1Br. The Labute approximate surface area is 134 Å². The molecule has 0 bridgehead atoms. The number of nitrogens with zero attached hydrogens (tertiary/aromatic N) is 1. The van der Waals surface area contributed by atoms with Crippen LogP contribution >= 0.6 is 15.9 Å². The highest BCUT2D eigenvalue weighted by atomic mass is 79.9. The first-order valence-corrected chi connectivity index (χ1v) is 8.42. The minimum atomic E-state index is -0.395. The molecule has 1 aliphatic heterocycles. The summed E-state index contributed by atoms with van der Waals surface area (Å²) in [6.07, 6.45) is 6.16. The van der Waals surface area contributed by atoms with Gasteiger partial charge < -0.3 is 10.2 Å². The standard InChI is InChI=1S/C16H22BrFN2O/c17-15-7-6-13(18)12-14(15)16(21)19-8-5-11-20-9-3-1-2-4-10-20/h6-7,12H,1-5,8-11H2,(H,19,21). The molecule has 1 amide bonds. The monoisotopic (exact) mass is 356 g/mol. The van der Waals surface area contributed by atoms with Gasteiger partial charge in [0.25, 0.3) is 5.91 Å². The van der Waals surface area contributed by atoms with Crippen molar-refractivity contribution >= 4 is 21.8 Å². The molecule has 1 saturated heterocycles. The number of hydrogen-bond donors (Lipinski definition) is 1. The molecule has 0 radical (unpaired) electrons. The molecule has 116 valence electrons. The molecule has 0 saturated carbocycles. The minimum absolute atomic E-state index is 0.225. The van der Waals surface area contributed by atoms with E-state index < -0.39 is 5.82 Å². The number of halogens is 2. The average molecular weight is 357 g/mol. The van der Waals surface area contributed by atoms with Crippen molar-refractivity contribution in [3.8, 4) is 0 Å². The van der Waals surface area contributed by atoms with E-state index in [1.54, 1.807) is 6.07 Å². The molecule has 0 atom stereocenters. The first kappa shape index (κ1) is 16.4. The summed E-state index contributed by atoms with van der Waals surface area (Å²) >= 11 is 3.28. The Balaban J connectivity index is 1.72. The summed E-state index contributed by atoms with van der Waals surface area (Å²) in [5, 5.41) is 2.86.